The van der Waals surface area contributed by atoms with Gasteiger partial charge in [-0.15, -0.1) is 0 Å². The standard InChI is InChI=1S/C15H21FN2O3/c1-9(2)18(8-10(3)19)15(21)13-7-12(17-11(4)20)5-6-14(13)16/h5-7,9-10,19H,8H2,1-4H3,(H,17,20). The fraction of sp³-hybridized carbons (Fsp3) is 0.467. The van der Waals surface area contributed by atoms with Gasteiger partial charge in [0.15, 0.2) is 0 Å². The normalized spacial score (nSPS) is 12.1. The minimum atomic E-state index is -0.710. The van der Waals surface area contributed by atoms with Crippen LogP contribution in [0.15, 0.2) is 18.2 Å². The van der Waals surface area contributed by atoms with Crippen LogP contribution >= 0.6 is 0 Å². The molecule has 1 unspecified atom stereocenters. The highest BCUT2D eigenvalue weighted by molar-refractivity contribution is 5.97. The van der Waals surface area contributed by atoms with Gasteiger partial charge in [-0.05, 0) is 39.0 Å². The summed E-state index contributed by atoms with van der Waals surface area (Å²) in [5, 5.41) is 12.0. The first-order valence-corrected chi connectivity index (χ1v) is 6.78. The van der Waals surface area contributed by atoms with Crippen molar-refractivity contribution in [3.8, 4) is 0 Å². The summed E-state index contributed by atoms with van der Waals surface area (Å²) < 4.78 is 13.9. The summed E-state index contributed by atoms with van der Waals surface area (Å²) in [5.41, 5.74) is 0.226. The van der Waals surface area contributed by atoms with E-state index in [0.29, 0.717) is 5.69 Å². The number of amides is 2. The second-order valence-electron chi connectivity index (χ2n) is 5.28. The largest absolute Gasteiger partial charge is 0.392 e. The summed E-state index contributed by atoms with van der Waals surface area (Å²) in [6.07, 6.45) is -0.710. The van der Waals surface area contributed by atoms with E-state index in [1.807, 2.05) is 0 Å². The van der Waals surface area contributed by atoms with Gasteiger partial charge in [0, 0.05) is 25.2 Å². The van der Waals surface area contributed by atoms with Crippen molar-refractivity contribution in [2.75, 3.05) is 11.9 Å². The molecule has 0 aliphatic rings. The van der Waals surface area contributed by atoms with Gasteiger partial charge in [-0.25, -0.2) is 4.39 Å². The Bertz CT molecular complexity index is 530. The quantitative estimate of drug-likeness (QED) is 0.873. The van der Waals surface area contributed by atoms with E-state index in [2.05, 4.69) is 5.32 Å². The molecular weight excluding hydrogens is 275 g/mol. The number of hydrogen-bond donors (Lipinski definition) is 2. The van der Waals surface area contributed by atoms with Crippen molar-refractivity contribution < 1.29 is 19.1 Å². The van der Waals surface area contributed by atoms with Crippen LogP contribution in [0.5, 0.6) is 0 Å². The third-order valence-corrected chi connectivity index (χ3v) is 2.86. The summed E-state index contributed by atoms with van der Waals surface area (Å²) in [7, 11) is 0. The lowest BCUT2D eigenvalue weighted by molar-refractivity contribution is -0.114. The van der Waals surface area contributed by atoms with Crippen molar-refractivity contribution in [3.63, 3.8) is 0 Å². The molecule has 1 atom stereocenters. The minimum Gasteiger partial charge on any atom is -0.392 e. The molecule has 2 amide bonds. The maximum atomic E-state index is 13.9. The lowest BCUT2D eigenvalue weighted by atomic mass is 10.1. The Hall–Kier alpha value is -1.95. The molecular formula is C15H21FN2O3. The molecule has 0 heterocycles. The van der Waals surface area contributed by atoms with E-state index in [1.54, 1.807) is 20.8 Å². The number of nitrogens with zero attached hydrogens (tertiary/aromatic N) is 1. The molecule has 6 heteroatoms. The molecule has 21 heavy (non-hydrogen) atoms. The first-order valence-electron chi connectivity index (χ1n) is 6.78. The van der Waals surface area contributed by atoms with E-state index < -0.39 is 17.8 Å². The summed E-state index contributed by atoms with van der Waals surface area (Å²) in [5.74, 6) is -1.48. The van der Waals surface area contributed by atoms with Gasteiger partial charge in [-0.2, -0.15) is 0 Å². The zero-order valence-corrected chi connectivity index (χ0v) is 12.7. The van der Waals surface area contributed by atoms with Crippen LogP contribution in [-0.2, 0) is 4.79 Å². The number of nitrogens with one attached hydrogen (secondary N) is 1. The summed E-state index contributed by atoms with van der Waals surface area (Å²) in [4.78, 5) is 24.9. The van der Waals surface area contributed by atoms with E-state index in [0.717, 1.165) is 6.07 Å². The van der Waals surface area contributed by atoms with Crippen molar-refractivity contribution in [3.05, 3.63) is 29.6 Å². The third kappa shape index (κ3) is 4.82. The van der Waals surface area contributed by atoms with Crippen molar-refractivity contribution in [2.45, 2.75) is 39.8 Å². The van der Waals surface area contributed by atoms with Crippen LogP contribution in [0.1, 0.15) is 38.1 Å². The monoisotopic (exact) mass is 296 g/mol. The van der Waals surface area contributed by atoms with Crippen molar-refractivity contribution >= 4 is 17.5 Å². The Morgan fingerprint density at radius 3 is 2.43 bits per heavy atom. The molecule has 1 aromatic rings. The Morgan fingerprint density at radius 2 is 1.95 bits per heavy atom. The Morgan fingerprint density at radius 1 is 1.33 bits per heavy atom. The lowest BCUT2D eigenvalue weighted by Gasteiger charge is -2.28. The molecule has 0 fully saturated rings. The van der Waals surface area contributed by atoms with Crippen molar-refractivity contribution in [2.24, 2.45) is 0 Å². The van der Waals surface area contributed by atoms with Crippen LogP contribution in [0.4, 0.5) is 10.1 Å². The van der Waals surface area contributed by atoms with Crippen LogP contribution in [0.3, 0.4) is 0 Å². The van der Waals surface area contributed by atoms with E-state index in [-0.39, 0.29) is 24.1 Å². The first kappa shape index (κ1) is 17.1. The number of carbonyl (C=O) groups excluding carboxylic acids is 2. The van der Waals surface area contributed by atoms with Gasteiger partial charge >= 0.3 is 0 Å². The predicted octanol–water partition coefficient (Wildman–Crippen LogP) is 2.02. The molecule has 1 aromatic carbocycles. The molecule has 116 valence electrons. The predicted molar refractivity (Wildman–Crippen MR) is 78.6 cm³/mol. The van der Waals surface area contributed by atoms with E-state index in [4.69, 9.17) is 0 Å². The van der Waals surface area contributed by atoms with Gasteiger partial charge in [-0.3, -0.25) is 9.59 Å². The molecule has 0 radical (unpaired) electrons. The average Bonchev–Trinajstić information content (AvgIpc) is 2.36. The van der Waals surface area contributed by atoms with Crippen LogP contribution < -0.4 is 5.32 Å². The number of halogens is 1. The summed E-state index contributed by atoms with van der Waals surface area (Å²) >= 11 is 0. The third-order valence-electron chi connectivity index (χ3n) is 2.86. The van der Waals surface area contributed by atoms with Gasteiger partial charge < -0.3 is 15.3 Å². The highest BCUT2D eigenvalue weighted by Gasteiger charge is 2.23. The highest BCUT2D eigenvalue weighted by Crippen LogP contribution is 2.18. The topological polar surface area (TPSA) is 69.6 Å². The maximum absolute atomic E-state index is 13.9. The number of carbonyl (C=O) groups is 2. The van der Waals surface area contributed by atoms with Gasteiger partial charge in [0.25, 0.3) is 5.91 Å². The Balaban J connectivity index is 3.11. The molecule has 0 bridgehead atoms. The zero-order valence-electron chi connectivity index (χ0n) is 12.7. The molecule has 0 saturated heterocycles. The van der Waals surface area contributed by atoms with Crippen LogP contribution in [0, 0.1) is 5.82 Å². The second kappa shape index (κ2) is 7.17. The lowest BCUT2D eigenvalue weighted by Crippen LogP contribution is -2.41. The summed E-state index contributed by atoms with van der Waals surface area (Å²) in [6, 6.07) is 3.65. The maximum Gasteiger partial charge on any atom is 0.257 e. The minimum absolute atomic E-state index is 0.111. The van der Waals surface area contributed by atoms with Crippen LogP contribution in [0.2, 0.25) is 0 Å². The fourth-order valence-corrected chi connectivity index (χ4v) is 1.94. The van der Waals surface area contributed by atoms with E-state index in [9.17, 15) is 19.1 Å². The molecule has 0 aromatic heterocycles. The number of benzene rings is 1. The SMILES string of the molecule is CC(=O)Nc1ccc(F)c(C(=O)N(CC(C)O)C(C)C)c1. The van der Waals surface area contributed by atoms with Gasteiger partial charge in [0.2, 0.25) is 5.91 Å². The van der Waals surface area contributed by atoms with Gasteiger partial charge in [0.1, 0.15) is 5.82 Å². The van der Waals surface area contributed by atoms with Gasteiger partial charge in [0.05, 0.1) is 11.7 Å². The first-order chi connectivity index (χ1) is 9.72. The number of aliphatic hydroxyl groups is 1. The van der Waals surface area contributed by atoms with Crippen molar-refractivity contribution in [1.82, 2.24) is 4.90 Å². The Labute approximate surface area is 123 Å². The van der Waals surface area contributed by atoms with Crippen LogP contribution in [0.25, 0.3) is 0 Å². The average molecular weight is 296 g/mol. The van der Waals surface area contributed by atoms with E-state index in [1.165, 1.54) is 24.0 Å². The number of anilines is 1. The second-order valence-corrected chi connectivity index (χ2v) is 5.28. The summed E-state index contributed by atoms with van der Waals surface area (Å²) in [6.45, 7) is 6.58. The molecule has 0 aliphatic carbocycles. The zero-order chi connectivity index (χ0) is 16.2. The highest BCUT2D eigenvalue weighted by atomic mass is 19.1. The molecule has 0 saturated carbocycles. The number of rotatable bonds is 5. The molecule has 0 aliphatic heterocycles. The fourth-order valence-electron chi connectivity index (χ4n) is 1.94. The van der Waals surface area contributed by atoms with Crippen molar-refractivity contribution in [1.29, 1.82) is 0 Å². The molecule has 2 N–H and O–H groups in total. The van der Waals surface area contributed by atoms with E-state index >= 15 is 0 Å². The molecule has 0 spiro atoms. The Kier molecular flexibility index (Phi) is 5.84. The number of aliphatic hydroxyl groups excluding tert-OH is 1. The number of hydrogen-bond acceptors (Lipinski definition) is 3. The van der Waals surface area contributed by atoms with Gasteiger partial charge in [-0.1, -0.05) is 0 Å². The van der Waals surface area contributed by atoms with Crippen LogP contribution in [-0.4, -0.2) is 40.5 Å². The molecule has 5 nitrogen and oxygen atoms in total. The smallest absolute Gasteiger partial charge is 0.257 e. The molecule has 1 rings (SSSR count).